The summed E-state index contributed by atoms with van der Waals surface area (Å²) in [5.41, 5.74) is 0. The monoisotopic (exact) mass is 205 g/mol. The SMILES string of the molecule is CC(Br)(C=O)N1CCCC1. The number of nitrogens with zero attached hydrogens (tertiary/aromatic N) is 1. The van der Waals surface area contributed by atoms with Gasteiger partial charge in [0.25, 0.3) is 0 Å². The third-order valence-electron chi connectivity index (χ3n) is 1.94. The minimum absolute atomic E-state index is 0.413. The highest BCUT2D eigenvalue weighted by Gasteiger charge is 2.29. The summed E-state index contributed by atoms with van der Waals surface area (Å²) in [5, 5.41) is 0. The van der Waals surface area contributed by atoms with Crippen LogP contribution in [0, 0.1) is 0 Å². The zero-order valence-corrected chi connectivity index (χ0v) is 7.73. The predicted molar refractivity (Wildman–Crippen MR) is 44.2 cm³/mol. The fraction of sp³-hybridized carbons (Fsp3) is 0.857. The molecule has 58 valence electrons. The van der Waals surface area contributed by atoms with Crippen LogP contribution in [0.1, 0.15) is 19.8 Å². The van der Waals surface area contributed by atoms with Gasteiger partial charge in [0.15, 0.2) is 6.29 Å². The summed E-state index contributed by atoms with van der Waals surface area (Å²) in [5.74, 6) is 0. The highest BCUT2D eigenvalue weighted by atomic mass is 79.9. The lowest BCUT2D eigenvalue weighted by molar-refractivity contribution is -0.112. The Labute approximate surface area is 69.7 Å². The Morgan fingerprint density at radius 2 is 2.00 bits per heavy atom. The van der Waals surface area contributed by atoms with Crippen molar-refractivity contribution in [3.63, 3.8) is 0 Å². The molecule has 0 amide bonds. The largest absolute Gasteiger partial charge is 0.300 e. The Morgan fingerprint density at radius 3 is 2.40 bits per heavy atom. The minimum atomic E-state index is -0.413. The Hall–Kier alpha value is 0.110. The van der Waals surface area contributed by atoms with Gasteiger partial charge in [-0.25, -0.2) is 0 Å². The van der Waals surface area contributed by atoms with Crippen LogP contribution in [0.5, 0.6) is 0 Å². The molecule has 1 atom stereocenters. The molecule has 10 heavy (non-hydrogen) atoms. The second kappa shape index (κ2) is 3.01. The van der Waals surface area contributed by atoms with Crippen LogP contribution in [0.15, 0.2) is 0 Å². The van der Waals surface area contributed by atoms with Crippen LogP contribution >= 0.6 is 15.9 Å². The Morgan fingerprint density at radius 1 is 1.50 bits per heavy atom. The summed E-state index contributed by atoms with van der Waals surface area (Å²) < 4.78 is -0.413. The van der Waals surface area contributed by atoms with E-state index in [4.69, 9.17) is 0 Å². The van der Waals surface area contributed by atoms with E-state index < -0.39 is 4.45 Å². The van der Waals surface area contributed by atoms with Gasteiger partial charge in [-0.05, 0) is 32.9 Å². The number of aldehydes is 1. The van der Waals surface area contributed by atoms with Crippen LogP contribution < -0.4 is 0 Å². The molecule has 1 unspecified atom stereocenters. The lowest BCUT2D eigenvalue weighted by Gasteiger charge is -2.27. The summed E-state index contributed by atoms with van der Waals surface area (Å²) in [7, 11) is 0. The molecule has 1 saturated heterocycles. The summed E-state index contributed by atoms with van der Waals surface area (Å²) >= 11 is 3.37. The van der Waals surface area contributed by atoms with Crippen LogP contribution in [0.2, 0.25) is 0 Å². The Balaban J connectivity index is 2.53. The van der Waals surface area contributed by atoms with Gasteiger partial charge in [-0.15, -0.1) is 0 Å². The van der Waals surface area contributed by atoms with E-state index in [1.54, 1.807) is 0 Å². The number of carbonyl (C=O) groups is 1. The van der Waals surface area contributed by atoms with Crippen LogP contribution in [0.4, 0.5) is 0 Å². The summed E-state index contributed by atoms with van der Waals surface area (Å²) in [4.78, 5) is 12.7. The quantitative estimate of drug-likeness (QED) is 0.386. The molecule has 1 rings (SSSR count). The maximum atomic E-state index is 10.5. The molecule has 1 aliphatic heterocycles. The van der Waals surface area contributed by atoms with Crippen molar-refractivity contribution in [3.8, 4) is 0 Å². The average molecular weight is 206 g/mol. The molecule has 0 N–H and O–H groups in total. The normalized spacial score (nSPS) is 26.2. The first kappa shape index (κ1) is 8.21. The van der Waals surface area contributed by atoms with E-state index >= 15 is 0 Å². The van der Waals surface area contributed by atoms with Gasteiger partial charge >= 0.3 is 0 Å². The van der Waals surface area contributed by atoms with Crippen molar-refractivity contribution < 1.29 is 4.79 Å². The maximum absolute atomic E-state index is 10.5. The van der Waals surface area contributed by atoms with E-state index in [0.29, 0.717) is 0 Å². The van der Waals surface area contributed by atoms with Crippen molar-refractivity contribution in [1.29, 1.82) is 0 Å². The summed E-state index contributed by atoms with van der Waals surface area (Å²) in [6, 6.07) is 0. The molecule has 2 nitrogen and oxygen atoms in total. The first-order chi connectivity index (χ1) is 4.67. The topological polar surface area (TPSA) is 20.3 Å². The third kappa shape index (κ3) is 1.58. The molecule has 0 spiro atoms. The highest BCUT2D eigenvalue weighted by molar-refractivity contribution is 9.10. The van der Waals surface area contributed by atoms with Gasteiger partial charge in [-0.2, -0.15) is 0 Å². The lowest BCUT2D eigenvalue weighted by Crippen LogP contribution is -2.40. The van der Waals surface area contributed by atoms with Crippen LogP contribution in [-0.2, 0) is 4.79 Å². The number of likely N-dealkylation sites (tertiary alicyclic amines) is 1. The minimum Gasteiger partial charge on any atom is -0.300 e. The zero-order valence-electron chi connectivity index (χ0n) is 6.14. The molecule has 1 aliphatic rings. The molecular formula is C7H12BrNO. The number of alkyl halides is 1. The van der Waals surface area contributed by atoms with Crippen molar-refractivity contribution in [3.05, 3.63) is 0 Å². The van der Waals surface area contributed by atoms with Gasteiger partial charge in [-0.1, -0.05) is 15.9 Å². The standard InChI is InChI=1S/C7H12BrNO/c1-7(8,6-10)9-4-2-3-5-9/h6H,2-5H2,1H3. The zero-order chi connectivity index (χ0) is 7.61. The van der Waals surface area contributed by atoms with Crippen molar-refractivity contribution in [2.45, 2.75) is 24.2 Å². The van der Waals surface area contributed by atoms with E-state index in [1.165, 1.54) is 12.8 Å². The lowest BCUT2D eigenvalue weighted by atomic mass is 10.3. The number of hydrogen-bond donors (Lipinski definition) is 0. The second-order valence-corrected chi connectivity index (χ2v) is 4.44. The molecule has 3 heteroatoms. The first-order valence-electron chi connectivity index (χ1n) is 3.57. The van der Waals surface area contributed by atoms with Gasteiger partial charge in [0, 0.05) is 0 Å². The number of rotatable bonds is 2. The number of halogens is 1. The molecule has 1 fully saturated rings. The maximum Gasteiger partial charge on any atom is 0.150 e. The van der Waals surface area contributed by atoms with Gasteiger partial charge in [-0.3, -0.25) is 4.90 Å². The smallest absolute Gasteiger partial charge is 0.150 e. The molecule has 0 radical (unpaired) electrons. The molecule has 1 heterocycles. The molecule has 0 aromatic carbocycles. The fourth-order valence-electron chi connectivity index (χ4n) is 1.23. The number of hydrogen-bond acceptors (Lipinski definition) is 2. The number of carbonyl (C=O) groups excluding carboxylic acids is 1. The second-order valence-electron chi connectivity index (χ2n) is 2.84. The van der Waals surface area contributed by atoms with Crippen molar-refractivity contribution in [2.24, 2.45) is 0 Å². The van der Waals surface area contributed by atoms with E-state index in [0.717, 1.165) is 19.4 Å². The molecular weight excluding hydrogens is 194 g/mol. The van der Waals surface area contributed by atoms with Crippen molar-refractivity contribution in [2.75, 3.05) is 13.1 Å². The van der Waals surface area contributed by atoms with E-state index in [2.05, 4.69) is 20.8 Å². The average Bonchev–Trinajstić information content (AvgIpc) is 2.38. The van der Waals surface area contributed by atoms with Gasteiger partial charge in [0.1, 0.15) is 4.45 Å². The highest BCUT2D eigenvalue weighted by Crippen LogP contribution is 2.24. The predicted octanol–water partition coefficient (Wildman–Crippen LogP) is 1.39. The van der Waals surface area contributed by atoms with Crippen LogP contribution in [0.25, 0.3) is 0 Å². The Kier molecular flexibility index (Phi) is 2.47. The summed E-state index contributed by atoms with van der Waals surface area (Å²) in [6.07, 6.45) is 3.39. The van der Waals surface area contributed by atoms with E-state index in [-0.39, 0.29) is 0 Å². The van der Waals surface area contributed by atoms with Crippen molar-refractivity contribution in [1.82, 2.24) is 4.90 Å². The van der Waals surface area contributed by atoms with Crippen LogP contribution in [0.3, 0.4) is 0 Å². The molecule has 0 aromatic heterocycles. The molecule has 0 aliphatic carbocycles. The van der Waals surface area contributed by atoms with E-state index in [9.17, 15) is 4.79 Å². The Bertz CT molecular complexity index is 130. The molecule has 0 bridgehead atoms. The molecule has 0 aromatic rings. The van der Waals surface area contributed by atoms with Crippen LogP contribution in [-0.4, -0.2) is 28.7 Å². The fourth-order valence-corrected chi connectivity index (χ4v) is 1.58. The third-order valence-corrected chi connectivity index (χ3v) is 2.63. The van der Waals surface area contributed by atoms with E-state index in [1.807, 2.05) is 6.92 Å². The van der Waals surface area contributed by atoms with Gasteiger partial charge < -0.3 is 4.79 Å². The first-order valence-corrected chi connectivity index (χ1v) is 4.36. The van der Waals surface area contributed by atoms with Gasteiger partial charge in [0.05, 0.1) is 0 Å². The molecule has 0 saturated carbocycles. The summed E-state index contributed by atoms with van der Waals surface area (Å²) in [6.45, 7) is 3.98. The van der Waals surface area contributed by atoms with Crippen molar-refractivity contribution >= 4 is 22.2 Å². The van der Waals surface area contributed by atoms with Gasteiger partial charge in [0.2, 0.25) is 0 Å².